The third-order valence-electron chi connectivity index (χ3n) is 2.48. The van der Waals surface area contributed by atoms with Crippen molar-refractivity contribution in [3.8, 4) is 0 Å². The van der Waals surface area contributed by atoms with Crippen molar-refractivity contribution in [3.63, 3.8) is 0 Å². The minimum Gasteiger partial charge on any atom is -0.236 e. The van der Waals surface area contributed by atoms with Crippen molar-refractivity contribution in [1.29, 1.82) is 0 Å². The fourth-order valence-electron chi connectivity index (χ4n) is 1.45. The van der Waals surface area contributed by atoms with Crippen LogP contribution in [0.25, 0.3) is 0 Å². The van der Waals surface area contributed by atoms with E-state index >= 15 is 0 Å². The molecule has 1 heterocycles. The lowest BCUT2D eigenvalue weighted by atomic mass is 10.3. The first-order valence-corrected chi connectivity index (χ1v) is 8.17. The summed E-state index contributed by atoms with van der Waals surface area (Å²) >= 11 is 10.3. The molecule has 0 radical (unpaired) electrons. The number of aromatic nitrogens is 2. The maximum absolute atomic E-state index is 6.17. The van der Waals surface area contributed by atoms with Crippen molar-refractivity contribution in [2.75, 3.05) is 0 Å². The Morgan fingerprint density at radius 3 is 2.53 bits per heavy atom. The van der Waals surface area contributed by atoms with Gasteiger partial charge in [-0.3, -0.25) is 0 Å². The summed E-state index contributed by atoms with van der Waals surface area (Å²) in [6.07, 6.45) is 2.49. The second-order valence-corrected chi connectivity index (χ2v) is 8.54. The van der Waals surface area contributed by atoms with Gasteiger partial charge in [-0.25, -0.2) is 9.97 Å². The molecule has 1 aromatic rings. The standard InChI is InChI=1S/C12H16ClIN2S/c1-12(2,3)17-6-8-15-10(7-4-5-7)9(14)11(13)16-8/h7H,4-6H2,1-3H3. The van der Waals surface area contributed by atoms with E-state index < -0.39 is 0 Å². The highest BCUT2D eigenvalue weighted by Crippen LogP contribution is 2.42. The first kappa shape index (κ1) is 13.9. The van der Waals surface area contributed by atoms with Gasteiger partial charge in [0, 0.05) is 10.7 Å². The van der Waals surface area contributed by atoms with Crippen LogP contribution < -0.4 is 0 Å². The average Bonchev–Trinajstić information content (AvgIpc) is 3.02. The Labute approximate surface area is 125 Å². The molecule has 17 heavy (non-hydrogen) atoms. The topological polar surface area (TPSA) is 25.8 Å². The van der Waals surface area contributed by atoms with E-state index in [1.165, 1.54) is 12.8 Å². The molecular formula is C12H16ClIN2S. The quantitative estimate of drug-likeness (QED) is 0.562. The van der Waals surface area contributed by atoms with Crippen molar-refractivity contribution in [1.82, 2.24) is 9.97 Å². The smallest absolute Gasteiger partial charge is 0.146 e. The minimum atomic E-state index is 0.235. The van der Waals surface area contributed by atoms with E-state index in [9.17, 15) is 0 Å². The fourth-order valence-corrected chi connectivity index (χ4v) is 3.02. The van der Waals surface area contributed by atoms with Gasteiger partial charge in [-0.05, 0) is 35.4 Å². The van der Waals surface area contributed by atoms with Gasteiger partial charge in [0.25, 0.3) is 0 Å². The molecule has 0 aromatic carbocycles. The lowest BCUT2D eigenvalue weighted by Gasteiger charge is -2.17. The summed E-state index contributed by atoms with van der Waals surface area (Å²) in [6.45, 7) is 6.61. The zero-order chi connectivity index (χ0) is 12.6. The summed E-state index contributed by atoms with van der Waals surface area (Å²) < 4.78 is 1.27. The monoisotopic (exact) mass is 382 g/mol. The normalized spacial score (nSPS) is 16.3. The van der Waals surface area contributed by atoms with E-state index in [1.807, 2.05) is 11.8 Å². The highest BCUT2D eigenvalue weighted by atomic mass is 127. The van der Waals surface area contributed by atoms with Crippen LogP contribution in [0.5, 0.6) is 0 Å². The molecule has 5 heteroatoms. The number of nitrogens with zero attached hydrogens (tertiary/aromatic N) is 2. The van der Waals surface area contributed by atoms with Crippen molar-refractivity contribution in [2.24, 2.45) is 0 Å². The number of halogens is 2. The van der Waals surface area contributed by atoms with Gasteiger partial charge >= 0.3 is 0 Å². The van der Waals surface area contributed by atoms with Gasteiger partial charge in [0.15, 0.2) is 0 Å². The van der Waals surface area contributed by atoms with E-state index in [2.05, 4.69) is 53.3 Å². The van der Waals surface area contributed by atoms with E-state index in [4.69, 9.17) is 11.6 Å². The van der Waals surface area contributed by atoms with Gasteiger partial charge in [-0.15, -0.1) is 11.8 Å². The molecule has 1 saturated carbocycles. The second-order valence-electron chi connectivity index (χ2n) is 5.31. The fraction of sp³-hybridized carbons (Fsp3) is 0.667. The molecular weight excluding hydrogens is 367 g/mol. The molecule has 0 spiro atoms. The summed E-state index contributed by atoms with van der Waals surface area (Å²) in [5.41, 5.74) is 1.16. The molecule has 0 bridgehead atoms. The maximum atomic E-state index is 6.17. The van der Waals surface area contributed by atoms with Gasteiger partial charge in [0.05, 0.1) is 15.0 Å². The van der Waals surface area contributed by atoms with Crippen molar-refractivity contribution in [3.05, 3.63) is 20.2 Å². The first-order chi connectivity index (χ1) is 7.87. The van der Waals surface area contributed by atoms with Crippen LogP contribution in [0.1, 0.15) is 51.0 Å². The zero-order valence-electron chi connectivity index (χ0n) is 10.3. The van der Waals surface area contributed by atoms with Gasteiger partial charge in [-0.2, -0.15) is 0 Å². The van der Waals surface area contributed by atoms with Crippen molar-refractivity contribution < 1.29 is 0 Å². The molecule has 0 unspecified atom stereocenters. The largest absolute Gasteiger partial charge is 0.236 e. The summed E-state index contributed by atoms with van der Waals surface area (Å²) in [7, 11) is 0. The molecule has 1 fully saturated rings. The first-order valence-electron chi connectivity index (χ1n) is 5.72. The maximum Gasteiger partial charge on any atom is 0.146 e. The van der Waals surface area contributed by atoms with E-state index in [0.717, 1.165) is 20.8 Å². The molecule has 1 aliphatic rings. The van der Waals surface area contributed by atoms with Crippen LogP contribution in [0.3, 0.4) is 0 Å². The van der Waals surface area contributed by atoms with E-state index in [1.54, 1.807) is 0 Å². The minimum absolute atomic E-state index is 0.235. The molecule has 94 valence electrons. The molecule has 0 aliphatic heterocycles. The van der Waals surface area contributed by atoms with Crippen LogP contribution in [-0.4, -0.2) is 14.7 Å². The van der Waals surface area contributed by atoms with Crippen molar-refractivity contribution in [2.45, 2.75) is 50.0 Å². The van der Waals surface area contributed by atoms with Crippen LogP contribution in [0, 0.1) is 3.57 Å². The molecule has 0 amide bonds. The Bertz CT molecular complexity index is 427. The Morgan fingerprint density at radius 1 is 1.35 bits per heavy atom. The third kappa shape index (κ3) is 3.96. The lowest BCUT2D eigenvalue weighted by molar-refractivity contribution is 0.798. The number of thioether (sulfide) groups is 1. The van der Waals surface area contributed by atoms with E-state index in [-0.39, 0.29) is 4.75 Å². The molecule has 1 aromatic heterocycles. The van der Waals surface area contributed by atoms with Crippen LogP contribution in [0.15, 0.2) is 0 Å². The summed E-state index contributed by atoms with van der Waals surface area (Å²) in [5.74, 6) is 2.33. The second kappa shape index (κ2) is 5.21. The van der Waals surface area contributed by atoms with Gasteiger partial charge in [0.1, 0.15) is 11.0 Å². The third-order valence-corrected chi connectivity index (χ3v) is 5.41. The molecule has 0 N–H and O–H groups in total. The van der Waals surface area contributed by atoms with Crippen LogP contribution in [-0.2, 0) is 5.75 Å². The van der Waals surface area contributed by atoms with Crippen LogP contribution >= 0.6 is 46.0 Å². The predicted octanol–water partition coefficient (Wildman–Crippen LogP) is 4.64. The van der Waals surface area contributed by atoms with Crippen molar-refractivity contribution >= 4 is 46.0 Å². The number of rotatable bonds is 3. The van der Waals surface area contributed by atoms with Crippen LogP contribution in [0.2, 0.25) is 5.15 Å². The summed E-state index contributed by atoms with van der Waals surface area (Å²) in [4.78, 5) is 9.05. The Kier molecular flexibility index (Phi) is 4.25. The Balaban J connectivity index is 2.17. The molecule has 1 aliphatic carbocycles. The van der Waals surface area contributed by atoms with Gasteiger partial charge in [0.2, 0.25) is 0 Å². The van der Waals surface area contributed by atoms with Gasteiger partial charge in [-0.1, -0.05) is 32.4 Å². The number of hydrogen-bond acceptors (Lipinski definition) is 3. The Hall–Kier alpha value is 0.450. The lowest BCUT2D eigenvalue weighted by Crippen LogP contribution is -2.09. The molecule has 2 rings (SSSR count). The number of hydrogen-bond donors (Lipinski definition) is 0. The zero-order valence-corrected chi connectivity index (χ0v) is 14.0. The molecule has 0 atom stereocenters. The molecule has 0 saturated heterocycles. The molecule has 2 nitrogen and oxygen atoms in total. The predicted molar refractivity (Wildman–Crippen MR) is 82.8 cm³/mol. The van der Waals surface area contributed by atoms with Gasteiger partial charge < -0.3 is 0 Å². The average molecular weight is 383 g/mol. The SMILES string of the molecule is CC(C)(C)SCc1nc(Cl)c(I)c(C2CC2)n1. The summed E-state index contributed by atoms with van der Waals surface area (Å²) in [5, 5.41) is 0.618. The summed E-state index contributed by atoms with van der Waals surface area (Å²) in [6, 6.07) is 0. The highest BCUT2D eigenvalue weighted by molar-refractivity contribution is 14.1. The van der Waals surface area contributed by atoms with Crippen LogP contribution in [0.4, 0.5) is 0 Å². The highest BCUT2D eigenvalue weighted by Gasteiger charge is 2.29. The van der Waals surface area contributed by atoms with E-state index in [0.29, 0.717) is 11.1 Å². The Morgan fingerprint density at radius 2 is 2.00 bits per heavy atom.